The molecule has 0 aliphatic carbocycles. The molecule has 0 amide bonds. The number of aliphatic hydroxyl groups excluding tert-OH is 1. The molecule has 5 nitrogen and oxygen atoms in total. The first-order valence-corrected chi connectivity index (χ1v) is 8.57. The van der Waals surface area contributed by atoms with Crippen molar-refractivity contribution in [1.29, 1.82) is 0 Å². The van der Waals surface area contributed by atoms with E-state index >= 15 is 0 Å². The minimum absolute atomic E-state index is 0.0102. The van der Waals surface area contributed by atoms with E-state index < -0.39 is 6.10 Å². The van der Waals surface area contributed by atoms with Crippen molar-refractivity contribution in [3.63, 3.8) is 0 Å². The third-order valence-corrected chi connectivity index (χ3v) is 4.31. The molecule has 5 heteroatoms. The highest BCUT2D eigenvalue weighted by Gasteiger charge is 2.15. The maximum Gasteiger partial charge on any atom is 0.128 e. The quantitative estimate of drug-likeness (QED) is 0.507. The van der Waals surface area contributed by atoms with Crippen molar-refractivity contribution in [3.05, 3.63) is 60.3 Å². The number of phenols is 1. The smallest absolute Gasteiger partial charge is 0.128 e. The molecule has 0 radical (unpaired) electrons. The van der Waals surface area contributed by atoms with Crippen LogP contribution in [0.5, 0.6) is 11.5 Å². The summed E-state index contributed by atoms with van der Waals surface area (Å²) < 4.78 is 5.78. The fraction of sp³-hybridized carbons (Fsp3) is 0.300. The van der Waals surface area contributed by atoms with Crippen LogP contribution >= 0.6 is 0 Å². The standard InChI is InChI=1S/C20H24N2O3/c1-2-17(15-6-3-4-8-19(15)24)22-12-14(23)13-25-20-9-5-7-18-16(20)10-11-21-18/h3-11,14,17,21-24H,2,12-13H2,1H3. The van der Waals surface area contributed by atoms with Crippen LogP contribution in [0.1, 0.15) is 24.9 Å². The minimum Gasteiger partial charge on any atom is -0.508 e. The third-order valence-electron chi connectivity index (χ3n) is 4.31. The fourth-order valence-electron chi connectivity index (χ4n) is 2.96. The highest BCUT2D eigenvalue weighted by Crippen LogP contribution is 2.26. The molecule has 0 aliphatic heterocycles. The zero-order valence-corrected chi connectivity index (χ0v) is 14.3. The molecule has 2 atom stereocenters. The highest BCUT2D eigenvalue weighted by molar-refractivity contribution is 5.85. The fourth-order valence-corrected chi connectivity index (χ4v) is 2.96. The number of aromatic hydroxyl groups is 1. The molecule has 0 saturated carbocycles. The van der Waals surface area contributed by atoms with Crippen LogP contribution in [0.15, 0.2) is 54.7 Å². The molecular formula is C20H24N2O3. The normalized spacial score (nSPS) is 13.7. The molecular weight excluding hydrogens is 316 g/mol. The summed E-state index contributed by atoms with van der Waals surface area (Å²) in [4.78, 5) is 3.14. The number of aliphatic hydroxyl groups is 1. The zero-order valence-electron chi connectivity index (χ0n) is 14.3. The first-order chi connectivity index (χ1) is 12.2. The summed E-state index contributed by atoms with van der Waals surface area (Å²) in [5.74, 6) is 1.03. The van der Waals surface area contributed by atoms with Gasteiger partial charge in [0.2, 0.25) is 0 Å². The van der Waals surface area contributed by atoms with Crippen molar-refractivity contribution in [2.45, 2.75) is 25.5 Å². The van der Waals surface area contributed by atoms with Crippen LogP contribution in [-0.4, -0.2) is 34.5 Å². The lowest BCUT2D eigenvalue weighted by molar-refractivity contribution is 0.104. The Bertz CT molecular complexity index is 815. The number of H-pyrrole nitrogens is 1. The van der Waals surface area contributed by atoms with Crippen LogP contribution < -0.4 is 10.1 Å². The molecule has 2 aromatic carbocycles. The summed E-state index contributed by atoms with van der Waals surface area (Å²) in [6.07, 6.45) is 2.04. The van der Waals surface area contributed by atoms with Gasteiger partial charge in [-0.15, -0.1) is 0 Å². The monoisotopic (exact) mass is 340 g/mol. The Labute approximate surface area is 147 Å². The number of benzene rings is 2. The van der Waals surface area contributed by atoms with Gasteiger partial charge in [-0.2, -0.15) is 0 Å². The second-order valence-electron chi connectivity index (χ2n) is 6.09. The summed E-state index contributed by atoms with van der Waals surface area (Å²) in [7, 11) is 0. The Morgan fingerprint density at radius 2 is 1.96 bits per heavy atom. The van der Waals surface area contributed by atoms with Gasteiger partial charge in [0.25, 0.3) is 0 Å². The van der Waals surface area contributed by atoms with E-state index in [1.165, 1.54) is 0 Å². The van der Waals surface area contributed by atoms with Gasteiger partial charge in [-0.3, -0.25) is 0 Å². The number of fused-ring (bicyclic) bond motifs is 1. The molecule has 0 fully saturated rings. The molecule has 25 heavy (non-hydrogen) atoms. The van der Waals surface area contributed by atoms with Crippen molar-refractivity contribution in [2.24, 2.45) is 0 Å². The van der Waals surface area contributed by atoms with E-state index in [4.69, 9.17) is 4.74 Å². The number of aromatic amines is 1. The number of aromatic nitrogens is 1. The van der Waals surface area contributed by atoms with E-state index in [-0.39, 0.29) is 18.4 Å². The largest absolute Gasteiger partial charge is 0.508 e. The van der Waals surface area contributed by atoms with Gasteiger partial charge in [0, 0.05) is 35.2 Å². The van der Waals surface area contributed by atoms with Crippen molar-refractivity contribution in [3.8, 4) is 11.5 Å². The third kappa shape index (κ3) is 4.13. The van der Waals surface area contributed by atoms with E-state index in [0.29, 0.717) is 6.54 Å². The van der Waals surface area contributed by atoms with Crippen LogP contribution in [0.25, 0.3) is 10.9 Å². The van der Waals surface area contributed by atoms with Crippen molar-refractivity contribution < 1.29 is 14.9 Å². The molecule has 1 aromatic heterocycles. The average molecular weight is 340 g/mol. The van der Waals surface area contributed by atoms with E-state index in [2.05, 4.69) is 10.3 Å². The minimum atomic E-state index is -0.644. The number of hydrogen-bond donors (Lipinski definition) is 4. The predicted molar refractivity (Wildman–Crippen MR) is 98.9 cm³/mol. The molecule has 3 aromatic rings. The van der Waals surface area contributed by atoms with Crippen molar-refractivity contribution >= 4 is 10.9 Å². The average Bonchev–Trinajstić information content (AvgIpc) is 3.11. The number of nitrogens with one attached hydrogen (secondary N) is 2. The Morgan fingerprint density at radius 3 is 2.76 bits per heavy atom. The molecule has 0 aliphatic rings. The topological polar surface area (TPSA) is 77.5 Å². The van der Waals surface area contributed by atoms with E-state index in [1.807, 2.05) is 49.5 Å². The van der Waals surface area contributed by atoms with Crippen LogP contribution in [0.2, 0.25) is 0 Å². The highest BCUT2D eigenvalue weighted by atomic mass is 16.5. The van der Waals surface area contributed by atoms with Crippen LogP contribution in [-0.2, 0) is 0 Å². The number of rotatable bonds is 8. The maximum absolute atomic E-state index is 10.2. The molecule has 0 saturated heterocycles. The van der Waals surface area contributed by atoms with Gasteiger partial charge in [0.05, 0.1) is 0 Å². The lowest BCUT2D eigenvalue weighted by Gasteiger charge is -2.21. The maximum atomic E-state index is 10.2. The van der Waals surface area contributed by atoms with Crippen LogP contribution in [0, 0.1) is 0 Å². The van der Waals surface area contributed by atoms with E-state index in [0.717, 1.165) is 28.6 Å². The summed E-state index contributed by atoms with van der Waals surface area (Å²) in [6.45, 7) is 2.63. The summed E-state index contributed by atoms with van der Waals surface area (Å²) in [5.41, 5.74) is 1.85. The molecule has 4 N–H and O–H groups in total. The van der Waals surface area contributed by atoms with Gasteiger partial charge in [0.1, 0.15) is 24.2 Å². The lowest BCUT2D eigenvalue weighted by atomic mass is 10.0. The Balaban J connectivity index is 1.55. The molecule has 3 rings (SSSR count). The van der Waals surface area contributed by atoms with Crippen LogP contribution in [0.4, 0.5) is 0 Å². The van der Waals surface area contributed by atoms with Crippen molar-refractivity contribution in [2.75, 3.05) is 13.2 Å². The molecule has 0 bridgehead atoms. The van der Waals surface area contributed by atoms with Crippen LogP contribution in [0.3, 0.4) is 0 Å². The molecule has 2 unspecified atom stereocenters. The number of ether oxygens (including phenoxy) is 1. The van der Waals surface area contributed by atoms with Crippen molar-refractivity contribution in [1.82, 2.24) is 10.3 Å². The van der Waals surface area contributed by atoms with Gasteiger partial charge >= 0.3 is 0 Å². The number of para-hydroxylation sites is 1. The van der Waals surface area contributed by atoms with Gasteiger partial charge in [0.15, 0.2) is 0 Å². The van der Waals surface area contributed by atoms with Gasteiger partial charge < -0.3 is 25.3 Å². The SMILES string of the molecule is CCC(NCC(O)COc1cccc2[nH]ccc12)c1ccccc1O. The Kier molecular flexibility index (Phi) is 5.58. The van der Waals surface area contributed by atoms with Gasteiger partial charge in [-0.1, -0.05) is 31.2 Å². The molecule has 1 heterocycles. The Hall–Kier alpha value is -2.50. The van der Waals surface area contributed by atoms with E-state index in [1.54, 1.807) is 12.1 Å². The first kappa shape index (κ1) is 17.3. The number of phenolic OH excluding ortho intramolecular Hbond substituents is 1. The van der Waals surface area contributed by atoms with Gasteiger partial charge in [-0.05, 0) is 30.7 Å². The first-order valence-electron chi connectivity index (χ1n) is 8.57. The molecule has 0 spiro atoms. The van der Waals surface area contributed by atoms with Gasteiger partial charge in [-0.25, -0.2) is 0 Å². The lowest BCUT2D eigenvalue weighted by Crippen LogP contribution is -2.33. The second-order valence-corrected chi connectivity index (χ2v) is 6.09. The van der Waals surface area contributed by atoms with E-state index in [9.17, 15) is 10.2 Å². The summed E-state index contributed by atoms with van der Waals surface area (Å²) in [5, 5.41) is 24.5. The zero-order chi connectivity index (χ0) is 17.6. The summed E-state index contributed by atoms with van der Waals surface area (Å²) in [6, 6.07) is 15.0. The number of hydrogen-bond acceptors (Lipinski definition) is 4. The second kappa shape index (κ2) is 8.05. The Morgan fingerprint density at radius 1 is 1.12 bits per heavy atom. The summed E-state index contributed by atoms with van der Waals surface area (Å²) >= 11 is 0. The predicted octanol–water partition coefficient (Wildman–Crippen LogP) is 3.35. The molecule has 132 valence electrons.